The Labute approximate surface area is 152 Å². The summed E-state index contributed by atoms with van der Waals surface area (Å²) >= 11 is 3.56. The first-order chi connectivity index (χ1) is 11.7. The summed E-state index contributed by atoms with van der Waals surface area (Å²) in [5, 5.41) is 0. The second-order valence-electron chi connectivity index (χ2n) is 5.93. The second kappa shape index (κ2) is 7.90. The summed E-state index contributed by atoms with van der Waals surface area (Å²) in [6.45, 7) is 5.19. The maximum Gasteiger partial charge on any atom is 0.133 e. The standard InChI is InChI=1S/C19H23BrN2O2/c1-23-17-6-4-16(5-7-17)22-11-9-21(10-12-22)14-15-3-8-19(24-2)18(20)13-15/h3-8,13H,9-12,14H2,1-2H3. The Balaban J connectivity index is 1.55. The highest BCUT2D eigenvalue weighted by Crippen LogP contribution is 2.26. The van der Waals surface area contributed by atoms with Crippen molar-refractivity contribution in [3.63, 3.8) is 0 Å². The van der Waals surface area contributed by atoms with Crippen LogP contribution in [0, 0.1) is 0 Å². The van der Waals surface area contributed by atoms with Crippen molar-refractivity contribution >= 4 is 21.6 Å². The van der Waals surface area contributed by atoms with Gasteiger partial charge in [0, 0.05) is 38.4 Å². The summed E-state index contributed by atoms with van der Waals surface area (Å²) < 4.78 is 11.5. The van der Waals surface area contributed by atoms with Gasteiger partial charge in [-0.05, 0) is 57.9 Å². The Morgan fingerprint density at radius 1 is 0.917 bits per heavy atom. The van der Waals surface area contributed by atoms with Crippen molar-refractivity contribution in [2.45, 2.75) is 6.54 Å². The molecule has 1 aliphatic heterocycles. The van der Waals surface area contributed by atoms with E-state index in [0.717, 1.165) is 48.7 Å². The van der Waals surface area contributed by atoms with Gasteiger partial charge in [-0.2, -0.15) is 0 Å². The predicted molar refractivity (Wildman–Crippen MR) is 101 cm³/mol. The van der Waals surface area contributed by atoms with Crippen molar-refractivity contribution in [3.05, 3.63) is 52.5 Å². The van der Waals surface area contributed by atoms with Gasteiger partial charge in [0.1, 0.15) is 11.5 Å². The van der Waals surface area contributed by atoms with Crippen molar-refractivity contribution < 1.29 is 9.47 Å². The molecular weight excluding hydrogens is 368 g/mol. The Hall–Kier alpha value is -1.72. The lowest BCUT2D eigenvalue weighted by Crippen LogP contribution is -2.45. The van der Waals surface area contributed by atoms with E-state index >= 15 is 0 Å². The van der Waals surface area contributed by atoms with E-state index < -0.39 is 0 Å². The van der Waals surface area contributed by atoms with Gasteiger partial charge < -0.3 is 14.4 Å². The van der Waals surface area contributed by atoms with Crippen LogP contribution < -0.4 is 14.4 Å². The summed E-state index contributed by atoms with van der Waals surface area (Å²) in [6, 6.07) is 14.6. The minimum Gasteiger partial charge on any atom is -0.497 e. The highest BCUT2D eigenvalue weighted by Gasteiger charge is 2.17. The van der Waals surface area contributed by atoms with Crippen LogP contribution >= 0.6 is 15.9 Å². The minimum atomic E-state index is 0.878. The molecule has 5 heteroatoms. The van der Waals surface area contributed by atoms with Gasteiger partial charge in [-0.25, -0.2) is 0 Å². The van der Waals surface area contributed by atoms with Crippen LogP contribution in [0.15, 0.2) is 46.9 Å². The van der Waals surface area contributed by atoms with E-state index in [0.29, 0.717) is 0 Å². The van der Waals surface area contributed by atoms with E-state index in [4.69, 9.17) is 9.47 Å². The third-order valence-electron chi connectivity index (χ3n) is 4.43. The van der Waals surface area contributed by atoms with E-state index in [-0.39, 0.29) is 0 Å². The number of hydrogen-bond donors (Lipinski definition) is 0. The zero-order valence-corrected chi connectivity index (χ0v) is 15.8. The molecule has 1 fully saturated rings. The van der Waals surface area contributed by atoms with Gasteiger partial charge in [0.2, 0.25) is 0 Å². The molecule has 128 valence electrons. The molecule has 3 rings (SSSR count). The molecule has 0 atom stereocenters. The van der Waals surface area contributed by atoms with Crippen LogP contribution in [-0.4, -0.2) is 45.3 Å². The normalized spacial score (nSPS) is 15.4. The average Bonchev–Trinajstić information content (AvgIpc) is 2.63. The fourth-order valence-corrected chi connectivity index (χ4v) is 3.61. The topological polar surface area (TPSA) is 24.9 Å². The molecule has 0 N–H and O–H groups in total. The van der Waals surface area contributed by atoms with Gasteiger partial charge in [-0.15, -0.1) is 0 Å². The third kappa shape index (κ3) is 4.02. The summed E-state index contributed by atoms with van der Waals surface area (Å²) in [5.74, 6) is 1.78. The zero-order chi connectivity index (χ0) is 16.9. The first-order valence-corrected chi connectivity index (χ1v) is 8.92. The van der Waals surface area contributed by atoms with Gasteiger partial charge in [-0.3, -0.25) is 4.90 Å². The fourth-order valence-electron chi connectivity index (χ4n) is 3.02. The number of ether oxygens (including phenoxy) is 2. The van der Waals surface area contributed by atoms with E-state index in [1.165, 1.54) is 11.3 Å². The van der Waals surface area contributed by atoms with Gasteiger partial charge >= 0.3 is 0 Å². The number of halogens is 1. The molecule has 0 aliphatic carbocycles. The number of benzene rings is 2. The Morgan fingerprint density at radius 2 is 1.62 bits per heavy atom. The van der Waals surface area contributed by atoms with Crippen LogP contribution in [-0.2, 0) is 6.54 Å². The molecule has 1 aliphatic rings. The number of anilines is 1. The van der Waals surface area contributed by atoms with Crippen molar-refractivity contribution in [2.24, 2.45) is 0 Å². The average molecular weight is 391 g/mol. The number of piperazine rings is 1. The van der Waals surface area contributed by atoms with Crippen LogP contribution in [0.25, 0.3) is 0 Å². The number of nitrogens with zero attached hydrogens (tertiary/aromatic N) is 2. The smallest absolute Gasteiger partial charge is 0.133 e. The fraction of sp³-hybridized carbons (Fsp3) is 0.368. The van der Waals surface area contributed by atoms with Gasteiger partial charge in [0.25, 0.3) is 0 Å². The highest BCUT2D eigenvalue weighted by atomic mass is 79.9. The lowest BCUT2D eigenvalue weighted by molar-refractivity contribution is 0.249. The largest absolute Gasteiger partial charge is 0.497 e. The van der Waals surface area contributed by atoms with Crippen molar-refractivity contribution in [1.29, 1.82) is 0 Å². The molecule has 1 saturated heterocycles. The van der Waals surface area contributed by atoms with E-state index in [9.17, 15) is 0 Å². The van der Waals surface area contributed by atoms with Crippen LogP contribution in [0.4, 0.5) is 5.69 Å². The molecule has 0 saturated carbocycles. The summed E-state index contributed by atoms with van der Waals surface area (Å²) in [6.07, 6.45) is 0. The van der Waals surface area contributed by atoms with E-state index in [1.807, 2.05) is 18.2 Å². The number of hydrogen-bond acceptors (Lipinski definition) is 4. The first-order valence-electron chi connectivity index (χ1n) is 8.13. The molecular formula is C19H23BrN2O2. The highest BCUT2D eigenvalue weighted by molar-refractivity contribution is 9.10. The Morgan fingerprint density at radius 3 is 2.21 bits per heavy atom. The second-order valence-corrected chi connectivity index (χ2v) is 6.78. The van der Waals surface area contributed by atoms with Crippen molar-refractivity contribution in [1.82, 2.24) is 4.90 Å². The molecule has 0 radical (unpaired) electrons. The number of methoxy groups -OCH3 is 2. The molecule has 0 unspecified atom stereocenters. The third-order valence-corrected chi connectivity index (χ3v) is 5.05. The molecule has 0 bridgehead atoms. The monoisotopic (exact) mass is 390 g/mol. The van der Waals surface area contributed by atoms with Crippen LogP contribution in [0.2, 0.25) is 0 Å². The first kappa shape index (κ1) is 17.1. The summed E-state index contributed by atoms with van der Waals surface area (Å²) in [5.41, 5.74) is 2.57. The van der Waals surface area contributed by atoms with Gasteiger partial charge in [-0.1, -0.05) is 6.07 Å². The van der Waals surface area contributed by atoms with Crippen molar-refractivity contribution in [2.75, 3.05) is 45.3 Å². The predicted octanol–water partition coefficient (Wildman–Crippen LogP) is 3.79. The summed E-state index contributed by atoms with van der Waals surface area (Å²) in [7, 11) is 3.39. The molecule has 4 nitrogen and oxygen atoms in total. The van der Waals surface area contributed by atoms with Gasteiger partial charge in [0.15, 0.2) is 0 Å². The SMILES string of the molecule is COc1ccc(N2CCN(Cc3ccc(OC)c(Br)c3)CC2)cc1. The zero-order valence-electron chi connectivity index (χ0n) is 14.2. The molecule has 1 heterocycles. The Bertz CT molecular complexity index is 668. The molecule has 24 heavy (non-hydrogen) atoms. The molecule has 2 aromatic carbocycles. The molecule has 0 aromatic heterocycles. The molecule has 0 spiro atoms. The molecule has 2 aromatic rings. The summed E-state index contributed by atoms with van der Waals surface area (Å²) in [4.78, 5) is 4.92. The Kier molecular flexibility index (Phi) is 5.63. The maximum atomic E-state index is 5.29. The van der Waals surface area contributed by atoms with Crippen LogP contribution in [0.1, 0.15) is 5.56 Å². The van der Waals surface area contributed by atoms with Gasteiger partial charge in [0.05, 0.1) is 18.7 Å². The van der Waals surface area contributed by atoms with Crippen molar-refractivity contribution in [3.8, 4) is 11.5 Å². The minimum absolute atomic E-state index is 0.878. The van der Waals surface area contributed by atoms with Crippen LogP contribution in [0.3, 0.4) is 0 Å². The maximum absolute atomic E-state index is 5.29. The molecule has 0 amide bonds. The van der Waals surface area contributed by atoms with E-state index in [2.05, 4.69) is 50.0 Å². The van der Waals surface area contributed by atoms with Crippen LogP contribution in [0.5, 0.6) is 11.5 Å². The van der Waals surface area contributed by atoms with E-state index in [1.54, 1.807) is 14.2 Å². The lowest BCUT2D eigenvalue weighted by atomic mass is 10.2. The number of rotatable bonds is 5. The lowest BCUT2D eigenvalue weighted by Gasteiger charge is -2.36. The quantitative estimate of drug-likeness (QED) is 0.775.